The van der Waals surface area contributed by atoms with Gasteiger partial charge in [0.1, 0.15) is 17.1 Å². The number of hydrogen-bond donors (Lipinski definition) is 3. The van der Waals surface area contributed by atoms with Gasteiger partial charge in [-0.2, -0.15) is 0 Å². The van der Waals surface area contributed by atoms with Crippen molar-refractivity contribution in [2.75, 3.05) is 20.8 Å². The standard InChI is InChI=1S/C29H25BrN4O5/c1-38-21-9-3-17(4-10-21)26(31-14-13-18-16-32-24-12-11-22(39-2)15-23(18)24)25-27(35)33-29(37)34(28(25)36)20-7-5-19(30)6-8-20/h3-12,15-16,32,36H,13-14H2,1-2H3,(H,33,35,37). The lowest BCUT2D eigenvalue weighted by Gasteiger charge is -2.14. The zero-order valence-corrected chi connectivity index (χ0v) is 22.8. The number of aromatic amines is 2. The molecular weight excluding hydrogens is 564 g/mol. The van der Waals surface area contributed by atoms with Crippen LogP contribution in [0.3, 0.4) is 0 Å². The Morgan fingerprint density at radius 2 is 1.67 bits per heavy atom. The van der Waals surface area contributed by atoms with Crippen molar-refractivity contribution in [2.24, 2.45) is 4.99 Å². The van der Waals surface area contributed by atoms with Crippen molar-refractivity contribution in [3.63, 3.8) is 0 Å². The number of fused-ring (bicyclic) bond motifs is 1. The molecule has 10 heteroatoms. The second-order valence-electron chi connectivity index (χ2n) is 8.70. The van der Waals surface area contributed by atoms with Crippen molar-refractivity contribution in [3.05, 3.63) is 115 Å². The van der Waals surface area contributed by atoms with E-state index in [0.29, 0.717) is 30.0 Å². The highest BCUT2D eigenvalue weighted by atomic mass is 79.9. The summed E-state index contributed by atoms with van der Waals surface area (Å²) in [6.45, 7) is 0.307. The predicted molar refractivity (Wildman–Crippen MR) is 154 cm³/mol. The molecule has 5 aromatic rings. The number of hydrogen-bond acceptors (Lipinski definition) is 6. The van der Waals surface area contributed by atoms with E-state index >= 15 is 0 Å². The quantitative estimate of drug-likeness (QED) is 0.229. The number of nitrogens with one attached hydrogen (secondary N) is 2. The summed E-state index contributed by atoms with van der Waals surface area (Å²) in [5, 5.41) is 12.3. The van der Waals surface area contributed by atoms with Crippen LogP contribution in [0.2, 0.25) is 0 Å². The molecule has 0 amide bonds. The van der Waals surface area contributed by atoms with Gasteiger partial charge in [-0.15, -0.1) is 0 Å². The Balaban J connectivity index is 1.60. The smallest absolute Gasteiger partial charge is 0.335 e. The van der Waals surface area contributed by atoms with Crippen molar-refractivity contribution in [2.45, 2.75) is 6.42 Å². The Labute approximate surface area is 231 Å². The first-order valence-corrected chi connectivity index (χ1v) is 12.9. The molecule has 3 aromatic carbocycles. The van der Waals surface area contributed by atoms with Gasteiger partial charge < -0.3 is 19.6 Å². The predicted octanol–water partition coefficient (Wildman–Crippen LogP) is 4.57. The molecule has 0 saturated heterocycles. The summed E-state index contributed by atoms with van der Waals surface area (Å²) in [4.78, 5) is 36.2. The van der Waals surface area contributed by atoms with Crippen molar-refractivity contribution < 1.29 is 14.6 Å². The molecule has 5 rings (SSSR count). The summed E-state index contributed by atoms with van der Waals surface area (Å²) < 4.78 is 12.5. The molecule has 3 N–H and O–H groups in total. The number of aromatic hydroxyl groups is 1. The van der Waals surface area contributed by atoms with Crippen LogP contribution in [0.15, 0.2) is 92.0 Å². The largest absolute Gasteiger partial charge is 0.497 e. The van der Waals surface area contributed by atoms with E-state index in [1.807, 2.05) is 24.4 Å². The maximum Gasteiger partial charge on any atom is 0.335 e. The van der Waals surface area contributed by atoms with Crippen LogP contribution in [0, 0.1) is 0 Å². The lowest BCUT2D eigenvalue weighted by Crippen LogP contribution is -2.33. The van der Waals surface area contributed by atoms with E-state index in [9.17, 15) is 14.7 Å². The highest BCUT2D eigenvalue weighted by Gasteiger charge is 2.22. The summed E-state index contributed by atoms with van der Waals surface area (Å²) in [7, 11) is 3.18. The number of ether oxygens (including phenoxy) is 2. The number of methoxy groups -OCH3 is 2. The fourth-order valence-corrected chi connectivity index (χ4v) is 4.68. The van der Waals surface area contributed by atoms with Crippen LogP contribution in [-0.4, -0.2) is 46.1 Å². The number of H-pyrrole nitrogens is 2. The molecule has 0 saturated carbocycles. The number of aromatic nitrogens is 3. The van der Waals surface area contributed by atoms with Gasteiger partial charge >= 0.3 is 5.69 Å². The third kappa shape index (κ3) is 5.23. The third-order valence-electron chi connectivity index (χ3n) is 6.40. The fourth-order valence-electron chi connectivity index (χ4n) is 4.41. The SMILES string of the molecule is COc1ccc(C(=NCCc2c[nH]c3ccc(OC)cc23)c2c(O)n(-c3ccc(Br)cc3)c(=O)[nH]c2=O)cc1. The second-order valence-corrected chi connectivity index (χ2v) is 9.62. The Hall–Kier alpha value is -4.57. The zero-order chi connectivity index (χ0) is 27.5. The van der Waals surface area contributed by atoms with E-state index in [-0.39, 0.29) is 11.3 Å². The Bertz CT molecular complexity index is 1780. The van der Waals surface area contributed by atoms with Gasteiger partial charge in [0.2, 0.25) is 5.88 Å². The van der Waals surface area contributed by atoms with Crippen molar-refractivity contribution in [3.8, 4) is 23.1 Å². The van der Waals surface area contributed by atoms with E-state index < -0.39 is 17.1 Å². The molecule has 0 fully saturated rings. The first-order chi connectivity index (χ1) is 18.9. The minimum absolute atomic E-state index is 0.108. The van der Waals surface area contributed by atoms with Gasteiger partial charge in [0.15, 0.2) is 0 Å². The molecule has 0 aliphatic heterocycles. The average Bonchev–Trinajstić information content (AvgIpc) is 3.35. The number of aliphatic imine (C=N–C) groups is 1. The fraction of sp³-hybridized carbons (Fsp3) is 0.138. The Morgan fingerprint density at radius 1 is 0.974 bits per heavy atom. The van der Waals surface area contributed by atoms with Gasteiger partial charge in [-0.25, -0.2) is 9.36 Å². The number of rotatable bonds is 8. The molecule has 39 heavy (non-hydrogen) atoms. The second kappa shape index (κ2) is 11.0. The number of nitrogens with zero attached hydrogens (tertiary/aromatic N) is 2. The van der Waals surface area contributed by atoms with Gasteiger partial charge in [0.05, 0.1) is 25.6 Å². The van der Waals surface area contributed by atoms with E-state index in [4.69, 9.17) is 14.5 Å². The van der Waals surface area contributed by atoms with Crippen LogP contribution < -0.4 is 20.7 Å². The molecule has 0 aliphatic rings. The lowest BCUT2D eigenvalue weighted by atomic mass is 10.0. The maximum absolute atomic E-state index is 13.1. The van der Waals surface area contributed by atoms with Gasteiger partial charge in [0.25, 0.3) is 5.56 Å². The minimum Gasteiger partial charge on any atom is -0.497 e. The summed E-state index contributed by atoms with van der Waals surface area (Å²) in [5.41, 5.74) is 1.62. The van der Waals surface area contributed by atoms with Crippen molar-refractivity contribution in [1.82, 2.24) is 14.5 Å². The summed E-state index contributed by atoms with van der Waals surface area (Å²) >= 11 is 3.37. The van der Waals surface area contributed by atoms with Crippen LogP contribution >= 0.6 is 15.9 Å². The first-order valence-electron chi connectivity index (χ1n) is 12.1. The van der Waals surface area contributed by atoms with Crippen LogP contribution in [0.5, 0.6) is 17.4 Å². The van der Waals surface area contributed by atoms with Crippen LogP contribution in [-0.2, 0) is 6.42 Å². The molecule has 0 radical (unpaired) electrons. The van der Waals surface area contributed by atoms with Gasteiger partial charge in [-0.1, -0.05) is 15.9 Å². The van der Waals surface area contributed by atoms with Gasteiger partial charge in [-0.05, 0) is 78.7 Å². The zero-order valence-electron chi connectivity index (χ0n) is 21.2. The molecule has 0 unspecified atom stereocenters. The topological polar surface area (TPSA) is 122 Å². The molecule has 0 bridgehead atoms. The van der Waals surface area contributed by atoms with Gasteiger partial charge in [0, 0.05) is 33.7 Å². The van der Waals surface area contributed by atoms with E-state index in [1.54, 1.807) is 62.8 Å². The molecule has 2 aromatic heterocycles. The number of benzene rings is 3. The molecule has 198 valence electrons. The molecule has 0 aliphatic carbocycles. The summed E-state index contributed by atoms with van der Waals surface area (Å²) in [5.74, 6) is 0.874. The molecule has 0 spiro atoms. The Morgan fingerprint density at radius 3 is 2.36 bits per heavy atom. The van der Waals surface area contributed by atoms with E-state index in [0.717, 1.165) is 31.3 Å². The van der Waals surface area contributed by atoms with E-state index in [1.165, 1.54) is 0 Å². The monoisotopic (exact) mass is 588 g/mol. The maximum atomic E-state index is 13.1. The molecule has 0 atom stereocenters. The lowest BCUT2D eigenvalue weighted by molar-refractivity contribution is 0.415. The third-order valence-corrected chi connectivity index (χ3v) is 6.93. The first kappa shape index (κ1) is 26.1. The highest BCUT2D eigenvalue weighted by molar-refractivity contribution is 9.10. The van der Waals surface area contributed by atoms with E-state index in [2.05, 4.69) is 25.9 Å². The van der Waals surface area contributed by atoms with Crippen molar-refractivity contribution >= 4 is 32.5 Å². The Kier molecular flexibility index (Phi) is 7.38. The van der Waals surface area contributed by atoms with Crippen LogP contribution in [0.1, 0.15) is 16.7 Å². The number of halogens is 1. The molecule has 2 heterocycles. The minimum atomic E-state index is -0.759. The molecular formula is C29H25BrN4O5. The van der Waals surface area contributed by atoms with Crippen molar-refractivity contribution in [1.29, 1.82) is 0 Å². The molecule has 9 nitrogen and oxygen atoms in total. The van der Waals surface area contributed by atoms with Crippen LogP contribution in [0.4, 0.5) is 0 Å². The normalized spacial score (nSPS) is 11.6. The summed E-state index contributed by atoms with van der Waals surface area (Å²) in [6.07, 6.45) is 2.47. The average molecular weight is 589 g/mol. The van der Waals surface area contributed by atoms with Crippen LogP contribution in [0.25, 0.3) is 16.6 Å². The van der Waals surface area contributed by atoms with Gasteiger partial charge in [-0.3, -0.25) is 14.8 Å². The highest BCUT2D eigenvalue weighted by Crippen LogP contribution is 2.25. The summed E-state index contributed by atoms with van der Waals surface area (Å²) in [6, 6.07) is 19.6.